The molecule has 0 heterocycles. The van der Waals surface area contributed by atoms with Gasteiger partial charge in [-0.15, -0.1) is 0 Å². The van der Waals surface area contributed by atoms with Gasteiger partial charge in [0.05, 0.1) is 11.3 Å². The fourth-order valence-corrected chi connectivity index (χ4v) is 1.45. The van der Waals surface area contributed by atoms with Crippen LogP contribution < -0.4 is 10.5 Å². The largest absolute Gasteiger partial charge is 0.478 e. The molecule has 0 atom stereocenters. The fourth-order valence-electron chi connectivity index (χ4n) is 1.45. The minimum atomic E-state index is -0.335. The second kappa shape index (κ2) is 7.64. The van der Waals surface area contributed by atoms with Crippen LogP contribution in [0.1, 0.15) is 5.56 Å². The van der Waals surface area contributed by atoms with Crippen molar-refractivity contribution in [2.75, 3.05) is 6.61 Å². The van der Waals surface area contributed by atoms with Crippen LogP contribution in [0, 0.1) is 45.3 Å². The Balaban J connectivity index is 3.33. The van der Waals surface area contributed by atoms with E-state index in [4.69, 9.17) is 31.5 Å². The maximum atomic E-state index is 9.12. The van der Waals surface area contributed by atoms with Crippen molar-refractivity contribution in [1.82, 2.24) is 0 Å². The molecule has 0 aliphatic heterocycles. The molecule has 2 N–H and O–H groups in total. The van der Waals surface area contributed by atoms with Crippen LogP contribution in [0.5, 0.6) is 5.75 Å². The second-order valence-corrected chi connectivity index (χ2v) is 3.67. The van der Waals surface area contributed by atoms with Crippen molar-refractivity contribution in [2.24, 2.45) is 5.73 Å². The average molecular weight is 275 g/mol. The van der Waals surface area contributed by atoms with Gasteiger partial charge in [0.15, 0.2) is 12.2 Å². The van der Waals surface area contributed by atoms with Crippen LogP contribution in [-0.2, 0) is 0 Å². The van der Waals surface area contributed by atoms with E-state index >= 15 is 0 Å². The molecule has 0 radical (unpaired) electrons. The Morgan fingerprint density at radius 2 is 1.76 bits per heavy atom. The van der Waals surface area contributed by atoms with Gasteiger partial charge in [0.1, 0.15) is 30.0 Å². The molecule has 1 aromatic rings. The molecule has 100 valence electrons. The molecule has 1 aromatic carbocycles. The number of allylic oxidation sites excluding steroid dienone is 2. The molecule has 6 nitrogen and oxygen atoms in total. The van der Waals surface area contributed by atoms with Crippen LogP contribution >= 0.6 is 0 Å². The van der Waals surface area contributed by atoms with Gasteiger partial charge in [-0.05, 0) is 12.1 Å². The molecule has 0 spiro atoms. The Bertz CT molecular complexity index is 747. The molecule has 0 unspecified atom stereocenters. The Labute approximate surface area is 121 Å². The lowest BCUT2D eigenvalue weighted by Crippen LogP contribution is -2.04. The number of benzene rings is 1. The van der Waals surface area contributed by atoms with Gasteiger partial charge in [0.25, 0.3) is 0 Å². The lowest BCUT2D eigenvalue weighted by Gasteiger charge is -2.06. The molecule has 0 saturated carbocycles. The zero-order valence-electron chi connectivity index (χ0n) is 10.9. The highest BCUT2D eigenvalue weighted by Crippen LogP contribution is 2.22. The van der Waals surface area contributed by atoms with Crippen molar-refractivity contribution < 1.29 is 4.74 Å². The summed E-state index contributed by atoms with van der Waals surface area (Å²) in [5.74, 6) is 0.398. The maximum absolute atomic E-state index is 9.12. The zero-order valence-corrected chi connectivity index (χ0v) is 10.9. The number of ether oxygens (including phenoxy) is 1. The standard InChI is InChI=1S/C15H9N5O/c16-5-6-21-14-4-2-1-3-11(14)7-12(8-17)15(20)13(9-18)10-19/h1-4,7H,6,20H2. The van der Waals surface area contributed by atoms with E-state index in [1.165, 1.54) is 6.08 Å². The molecule has 1 rings (SSSR count). The molecule has 0 aliphatic rings. The van der Waals surface area contributed by atoms with Crippen molar-refractivity contribution in [3.8, 4) is 30.0 Å². The molecule has 6 heteroatoms. The summed E-state index contributed by atoms with van der Waals surface area (Å²) >= 11 is 0. The number of hydrogen-bond donors (Lipinski definition) is 1. The van der Waals surface area contributed by atoms with Gasteiger partial charge in [-0.2, -0.15) is 21.0 Å². The molecular weight excluding hydrogens is 266 g/mol. The topological polar surface area (TPSA) is 130 Å². The normalized spacial score (nSPS) is 9.43. The summed E-state index contributed by atoms with van der Waals surface area (Å²) in [6, 6.07) is 13.7. The molecule has 0 aromatic heterocycles. The van der Waals surface area contributed by atoms with Crippen molar-refractivity contribution >= 4 is 6.08 Å². The monoisotopic (exact) mass is 275 g/mol. The Kier molecular flexibility index (Phi) is 5.57. The summed E-state index contributed by atoms with van der Waals surface area (Å²) in [4.78, 5) is 0. The smallest absolute Gasteiger partial charge is 0.174 e. The molecule has 0 amide bonds. The number of nitriles is 4. The number of rotatable bonds is 4. The van der Waals surface area contributed by atoms with E-state index in [2.05, 4.69) is 0 Å². The minimum Gasteiger partial charge on any atom is -0.478 e. The highest BCUT2D eigenvalue weighted by molar-refractivity contribution is 5.69. The summed E-state index contributed by atoms with van der Waals surface area (Å²) in [5, 5.41) is 35.2. The quantitative estimate of drug-likeness (QED) is 0.657. The van der Waals surface area contributed by atoms with Crippen LogP contribution in [-0.4, -0.2) is 6.61 Å². The third kappa shape index (κ3) is 3.86. The van der Waals surface area contributed by atoms with E-state index in [0.717, 1.165) is 0 Å². The van der Waals surface area contributed by atoms with Crippen molar-refractivity contribution in [3.05, 3.63) is 46.7 Å². The molecule has 0 fully saturated rings. The predicted octanol–water partition coefficient (Wildman–Crippen LogP) is 1.76. The highest BCUT2D eigenvalue weighted by Gasteiger charge is 2.09. The van der Waals surface area contributed by atoms with E-state index in [1.807, 2.05) is 12.1 Å². The summed E-state index contributed by atoms with van der Waals surface area (Å²) in [7, 11) is 0. The van der Waals surface area contributed by atoms with Crippen LogP contribution in [0.2, 0.25) is 0 Å². The lowest BCUT2D eigenvalue weighted by molar-refractivity contribution is 0.367. The first-order valence-corrected chi connectivity index (χ1v) is 5.68. The van der Waals surface area contributed by atoms with E-state index < -0.39 is 0 Å². The third-order valence-corrected chi connectivity index (χ3v) is 2.41. The van der Waals surface area contributed by atoms with Crippen LogP contribution in [0.3, 0.4) is 0 Å². The first-order chi connectivity index (χ1) is 10.2. The van der Waals surface area contributed by atoms with Crippen molar-refractivity contribution in [3.63, 3.8) is 0 Å². The molecule has 0 saturated heterocycles. The van der Waals surface area contributed by atoms with E-state index in [1.54, 1.807) is 36.4 Å². The first kappa shape index (κ1) is 15.3. The number of hydrogen-bond acceptors (Lipinski definition) is 6. The Hall–Kier alpha value is -3.74. The van der Waals surface area contributed by atoms with E-state index in [-0.39, 0.29) is 23.5 Å². The van der Waals surface area contributed by atoms with Gasteiger partial charge in [-0.3, -0.25) is 0 Å². The minimum absolute atomic E-state index is 0.0268. The Morgan fingerprint density at radius 1 is 1.10 bits per heavy atom. The van der Waals surface area contributed by atoms with E-state index in [9.17, 15) is 0 Å². The van der Waals surface area contributed by atoms with Gasteiger partial charge < -0.3 is 10.5 Å². The van der Waals surface area contributed by atoms with Crippen LogP contribution in [0.15, 0.2) is 41.1 Å². The summed E-state index contributed by atoms with van der Waals surface area (Å²) < 4.78 is 5.22. The predicted molar refractivity (Wildman–Crippen MR) is 73.6 cm³/mol. The van der Waals surface area contributed by atoms with Gasteiger partial charge in [-0.1, -0.05) is 18.2 Å². The van der Waals surface area contributed by atoms with Gasteiger partial charge in [-0.25, -0.2) is 0 Å². The molecule has 0 bridgehead atoms. The Morgan fingerprint density at radius 3 is 2.33 bits per heavy atom. The van der Waals surface area contributed by atoms with Gasteiger partial charge in [0, 0.05) is 5.56 Å². The highest BCUT2D eigenvalue weighted by atomic mass is 16.5. The van der Waals surface area contributed by atoms with E-state index in [0.29, 0.717) is 11.3 Å². The van der Waals surface area contributed by atoms with Crippen LogP contribution in [0.4, 0.5) is 0 Å². The number of nitrogens with two attached hydrogens (primary N) is 1. The number of para-hydroxylation sites is 1. The lowest BCUT2D eigenvalue weighted by atomic mass is 10.1. The summed E-state index contributed by atoms with van der Waals surface area (Å²) in [6.45, 7) is -0.139. The van der Waals surface area contributed by atoms with Crippen molar-refractivity contribution in [1.29, 1.82) is 21.0 Å². The van der Waals surface area contributed by atoms with Crippen molar-refractivity contribution in [2.45, 2.75) is 0 Å². The first-order valence-electron chi connectivity index (χ1n) is 5.68. The second-order valence-electron chi connectivity index (χ2n) is 3.67. The SMILES string of the molecule is N#CCOc1ccccc1C=C(C#N)C(N)=C(C#N)C#N. The summed E-state index contributed by atoms with van der Waals surface area (Å²) in [5.41, 5.74) is 5.60. The van der Waals surface area contributed by atoms with Gasteiger partial charge in [0.2, 0.25) is 0 Å². The summed E-state index contributed by atoms with van der Waals surface area (Å²) in [6.07, 6.45) is 1.40. The maximum Gasteiger partial charge on any atom is 0.174 e. The molecule has 0 aliphatic carbocycles. The van der Waals surface area contributed by atoms with Gasteiger partial charge >= 0.3 is 0 Å². The molecule has 21 heavy (non-hydrogen) atoms. The fraction of sp³-hybridized carbons (Fsp3) is 0.0667. The third-order valence-electron chi connectivity index (χ3n) is 2.41. The zero-order chi connectivity index (χ0) is 15.7. The number of nitrogens with zero attached hydrogens (tertiary/aromatic N) is 4. The van der Waals surface area contributed by atoms with Crippen LogP contribution in [0.25, 0.3) is 6.08 Å². The average Bonchev–Trinajstić information content (AvgIpc) is 2.52. The molecular formula is C15H9N5O.